The van der Waals surface area contributed by atoms with Gasteiger partial charge in [0.2, 0.25) is 5.54 Å². The molecule has 1 unspecified atom stereocenters. The smallest absolute Gasteiger partial charge is 0.290 e. The summed E-state index contributed by atoms with van der Waals surface area (Å²) in [6.45, 7) is 1.99. The van der Waals surface area contributed by atoms with Crippen molar-refractivity contribution in [3.63, 3.8) is 0 Å². The van der Waals surface area contributed by atoms with Crippen LogP contribution in [0.1, 0.15) is 23.1 Å². The van der Waals surface area contributed by atoms with Gasteiger partial charge in [-0.15, -0.1) is 0 Å². The number of carbonyl (C=O) groups excluding carboxylic acids is 1. The maximum atomic E-state index is 12.7. The standard InChI is InChI=1S/C17H18N2O/c1-12-6-2-5-9-15(12)19-16(20)17(18)11-10-13-7-3-4-8-14(13)17/h2-9H,10-11,18H2,1H3,(H,19,20)/p+1. The van der Waals surface area contributed by atoms with Crippen LogP contribution >= 0.6 is 0 Å². The van der Waals surface area contributed by atoms with E-state index in [1.807, 2.05) is 49.4 Å². The van der Waals surface area contributed by atoms with Gasteiger partial charge in [-0.3, -0.25) is 4.79 Å². The van der Waals surface area contributed by atoms with E-state index >= 15 is 0 Å². The predicted octanol–water partition coefficient (Wildman–Crippen LogP) is 2.02. The van der Waals surface area contributed by atoms with Crippen LogP contribution < -0.4 is 11.1 Å². The zero-order chi connectivity index (χ0) is 14.2. The highest BCUT2D eigenvalue weighted by atomic mass is 16.2. The summed E-state index contributed by atoms with van der Waals surface area (Å²) in [7, 11) is 0. The molecule has 1 atom stereocenters. The van der Waals surface area contributed by atoms with Gasteiger partial charge in [0.25, 0.3) is 5.91 Å². The normalized spacial score (nSPS) is 20.5. The van der Waals surface area contributed by atoms with Crippen molar-refractivity contribution in [1.29, 1.82) is 0 Å². The van der Waals surface area contributed by atoms with Crippen LogP contribution in [-0.4, -0.2) is 5.91 Å². The lowest BCUT2D eigenvalue weighted by molar-refractivity contribution is -0.465. The van der Waals surface area contributed by atoms with E-state index in [0.29, 0.717) is 0 Å². The fraction of sp³-hybridized carbons (Fsp3) is 0.235. The molecule has 0 fully saturated rings. The van der Waals surface area contributed by atoms with Crippen LogP contribution in [-0.2, 0) is 16.8 Å². The molecule has 3 nitrogen and oxygen atoms in total. The Hall–Kier alpha value is -2.13. The van der Waals surface area contributed by atoms with Gasteiger partial charge in [0, 0.05) is 17.7 Å². The summed E-state index contributed by atoms with van der Waals surface area (Å²) in [5.41, 5.74) is 7.79. The first-order chi connectivity index (χ1) is 9.61. The Bertz CT molecular complexity index is 666. The average Bonchev–Trinajstić information content (AvgIpc) is 2.81. The lowest BCUT2D eigenvalue weighted by Gasteiger charge is -2.21. The fourth-order valence-electron chi connectivity index (χ4n) is 2.88. The molecule has 0 radical (unpaired) electrons. The van der Waals surface area contributed by atoms with Crippen LogP contribution in [0.4, 0.5) is 5.69 Å². The zero-order valence-electron chi connectivity index (χ0n) is 11.6. The zero-order valence-corrected chi connectivity index (χ0v) is 11.6. The van der Waals surface area contributed by atoms with Gasteiger partial charge in [-0.05, 0) is 30.5 Å². The molecular formula is C17H19N2O+. The Balaban J connectivity index is 1.90. The van der Waals surface area contributed by atoms with E-state index < -0.39 is 5.54 Å². The molecule has 0 spiro atoms. The van der Waals surface area contributed by atoms with Crippen molar-refractivity contribution in [2.75, 3.05) is 5.32 Å². The van der Waals surface area contributed by atoms with Crippen LogP contribution in [0.25, 0.3) is 0 Å². The van der Waals surface area contributed by atoms with Crippen molar-refractivity contribution in [3.8, 4) is 0 Å². The molecule has 1 aliphatic rings. The summed E-state index contributed by atoms with van der Waals surface area (Å²) < 4.78 is 0. The van der Waals surface area contributed by atoms with Gasteiger partial charge in [-0.1, -0.05) is 42.5 Å². The third kappa shape index (κ3) is 2.00. The van der Waals surface area contributed by atoms with Gasteiger partial charge in [0.15, 0.2) is 0 Å². The number of anilines is 1. The SMILES string of the molecule is Cc1ccccc1NC(=O)C1([NH3+])CCc2ccccc21. The summed E-state index contributed by atoms with van der Waals surface area (Å²) >= 11 is 0. The molecule has 1 amide bonds. The maximum Gasteiger partial charge on any atom is 0.290 e. The van der Waals surface area contributed by atoms with Gasteiger partial charge in [0.1, 0.15) is 0 Å². The first-order valence-corrected chi connectivity index (χ1v) is 6.92. The fourth-order valence-corrected chi connectivity index (χ4v) is 2.88. The second-order valence-electron chi connectivity index (χ2n) is 5.51. The van der Waals surface area contributed by atoms with E-state index in [9.17, 15) is 4.79 Å². The quantitative estimate of drug-likeness (QED) is 0.859. The number of para-hydroxylation sites is 1. The van der Waals surface area contributed by atoms with Gasteiger partial charge < -0.3 is 11.1 Å². The van der Waals surface area contributed by atoms with E-state index in [0.717, 1.165) is 29.7 Å². The second-order valence-corrected chi connectivity index (χ2v) is 5.51. The van der Waals surface area contributed by atoms with E-state index in [-0.39, 0.29) is 5.91 Å². The number of hydrogen-bond acceptors (Lipinski definition) is 1. The molecule has 0 heterocycles. The largest absolute Gasteiger partial charge is 0.341 e. The van der Waals surface area contributed by atoms with Crippen LogP contribution in [0.2, 0.25) is 0 Å². The highest BCUT2D eigenvalue weighted by Gasteiger charge is 2.45. The molecular weight excluding hydrogens is 248 g/mol. The minimum absolute atomic E-state index is 0.0169. The Morgan fingerprint density at radius 2 is 1.85 bits per heavy atom. The Labute approximate surface area is 118 Å². The highest BCUT2D eigenvalue weighted by molar-refractivity contribution is 5.98. The monoisotopic (exact) mass is 267 g/mol. The third-order valence-corrected chi connectivity index (χ3v) is 4.18. The minimum Gasteiger partial charge on any atom is -0.341 e. The van der Waals surface area contributed by atoms with Crippen molar-refractivity contribution >= 4 is 11.6 Å². The van der Waals surface area contributed by atoms with Gasteiger partial charge in [0.05, 0.1) is 0 Å². The number of nitrogens with one attached hydrogen (secondary N) is 1. The number of amides is 1. The summed E-state index contributed by atoms with van der Waals surface area (Å²) in [5.74, 6) is -0.0169. The molecule has 3 heteroatoms. The second kappa shape index (κ2) is 4.76. The van der Waals surface area contributed by atoms with Crippen LogP contribution in [0, 0.1) is 6.92 Å². The van der Waals surface area contributed by atoms with Crippen molar-refractivity contribution in [3.05, 3.63) is 65.2 Å². The number of quaternary nitrogens is 1. The number of fused-ring (bicyclic) bond motifs is 1. The van der Waals surface area contributed by atoms with Crippen LogP contribution in [0.5, 0.6) is 0 Å². The van der Waals surface area contributed by atoms with Gasteiger partial charge in [-0.2, -0.15) is 0 Å². The number of hydrogen-bond donors (Lipinski definition) is 2. The predicted molar refractivity (Wildman–Crippen MR) is 79.1 cm³/mol. The molecule has 2 aromatic carbocycles. The highest BCUT2D eigenvalue weighted by Crippen LogP contribution is 2.34. The Morgan fingerprint density at radius 1 is 1.15 bits per heavy atom. The van der Waals surface area contributed by atoms with Gasteiger partial charge in [-0.25, -0.2) is 0 Å². The van der Waals surface area contributed by atoms with Crippen molar-refractivity contribution in [2.45, 2.75) is 25.3 Å². The van der Waals surface area contributed by atoms with Crippen molar-refractivity contribution in [1.82, 2.24) is 0 Å². The van der Waals surface area contributed by atoms with E-state index in [4.69, 9.17) is 0 Å². The molecule has 4 N–H and O–H groups in total. The summed E-state index contributed by atoms with van der Waals surface area (Å²) in [6, 6.07) is 15.9. The number of benzene rings is 2. The summed E-state index contributed by atoms with van der Waals surface area (Å²) in [6.07, 6.45) is 1.69. The molecule has 2 aromatic rings. The Kier molecular flexibility index (Phi) is 3.07. The first-order valence-electron chi connectivity index (χ1n) is 6.92. The first kappa shape index (κ1) is 12.9. The van der Waals surface area contributed by atoms with Crippen LogP contribution in [0.15, 0.2) is 48.5 Å². The molecule has 0 aliphatic heterocycles. The molecule has 102 valence electrons. The number of rotatable bonds is 2. The third-order valence-electron chi connectivity index (χ3n) is 4.18. The minimum atomic E-state index is -0.668. The molecule has 0 saturated heterocycles. The summed E-state index contributed by atoms with van der Waals surface area (Å²) in [5, 5.41) is 3.03. The number of carbonyl (C=O) groups is 1. The Morgan fingerprint density at radius 3 is 2.65 bits per heavy atom. The molecule has 0 aromatic heterocycles. The van der Waals surface area contributed by atoms with E-state index in [1.165, 1.54) is 5.56 Å². The molecule has 1 aliphatic carbocycles. The lowest BCUT2D eigenvalue weighted by atomic mass is 9.92. The summed E-state index contributed by atoms with van der Waals surface area (Å²) in [4.78, 5) is 12.7. The topological polar surface area (TPSA) is 56.7 Å². The molecule has 20 heavy (non-hydrogen) atoms. The maximum absolute atomic E-state index is 12.7. The van der Waals surface area contributed by atoms with Gasteiger partial charge >= 0.3 is 0 Å². The van der Waals surface area contributed by atoms with E-state index in [2.05, 4.69) is 17.1 Å². The van der Waals surface area contributed by atoms with Crippen molar-refractivity contribution in [2.24, 2.45) is 0 Å². The average molecular weight is 267 g/mol. The molecule has 0 bridgehead atoms. The van der Waals surface area contributed by atoms with Crippen molar-refractivity contribution < 1.29 is 10.5 Å². The number of aryl methyl sites for hydroxylation is 2. The van der Waals surface area contributed by atoms with Crippen LogP contribution in [0.3, 0.4) is 0 Å². The lowest BCUT2D eigenvalue weighted by Crippen LogP contribution is -2.74. The molecule has 0 saturated carbocycles. The molecule has 3 rings (SSSR count). The van der Waals surface area contributed by atoms with E-state index in [1.54, 1.807) is 0 Å².